The standard InChI is InChI=1S/C12H29NO3Si/c1-3-4-5-6-8-13-9-7-10-17(11-14,12-15)16-2/h13-15H,3-12H2,1-2H3. The summed E-state index contributed by atoms with van der Waals surface area (Å²) in [4.78, 5) is 0. The highest BCUT2D eigenvalue weighted by Gasteiger charge is 2.31. The molecule has 0 atom stereocenters. The largest absolute Gasteiger partial charge is 0.415 e. The lowest BCUT2D eigenvalue weighted by Gasteiger charge is -2.25. The summed E-state index contributed by atoms with van der Waals surface area (Å²) in [7, 11) is -0.633. The molecular formula is C12H29NO3Si. The van der Waals surface area contributed by atoms with Crippen molar-refractivity contribution in [3.05, 3.63) is 0 Å². The van der Waals surface area contributed by atoms with Crippen LogP contribution in [0.15, 0.2) is 0 Å². The summed E-state index contributed by atoms with van der Waals surface area (Å²) >= 11 is 0. The van der Waals surface area contributed by atoms with Gasteiger partial charge in [-0.3, -0.25) is 0 Å². The maximum absolute atomic E-state index is 9.23. The Kier molecular flexibility index (Phi) is 11.2. The van der Waals surface area contributed by atoms with Gasteiger partial charge in [-0.25, -0.2) is 0 Å². The van der Waals surface area contributed by atoms with Crippen molar-refractivity contribution in [3.63, 3.8) is 0 Å². The lowest BCUT2D eigenvalue weighted by molar-refractivity contribution is 0.252. The highest BCUT2D eigenvalue weighted by molar-refractivity contribution is 6.73. The van der Waals surface area contributed by atoms with E-state index in [1.165, 1.54) is 25.7 Å². The van der Waals surface area contributed by atoms with Crippen molar-refractivity contribution in [1.29, 1.82) is 0 Å². The Morgan fingerprint density at radius 3 is 2.18 bits per heavy atom. The molecule has 0 unspecified atom stereocenters. The third-order valence-electron chi connectivity index (χ3n) is 3.20. The molecule has 0 aromatic rings. The second-order valence-electron chi connectivity index (χ2n) is 4.62. The van der Waals surface area contributed by atoms with Crippen LogP contribution in [0.1, 0.15) is 39.0 Å². The van der Waals surface area contributed by atoms with Crippen LogP contribution in [0.3, 0.4) is 0 Å². The predicted octanol–water partition coefficient (Wildman–Crippen LogP) is 1.20. The van der Waals surface area contributed by atoms with E-state index >= 15 is 0 Å². The number of hydrogen-bond acceptors (Lipinski definition) is 4. The second-order valence-corrected chi connectivity index (χ2v) is 8.52. The first-order valence-corrected chi connectivity index (χ1v) is 9.25. The first-order chi connectivity index (χ1) is 8.24. The Morgan fingerprint density at radius 2 is 1.65 bits per heavy atom. The molecule has 0 amide bonds. The van der Waals surface area contributed by atoms with Gasteiger partial charge in [0.05, 0.1) is 12.5 Å². The third kappa shape index (κ3) is 7.89. The van der Waals surface area contributed by atoms with Crippen molar-refractivity contribution in [2.45, 2.75) is 45.1 Å². The summed E-state index contributed by atoms with van der Waals surface area (Å²) in [5.74, 6) is 0. The first kappa shape index (κ1) is 17.1. The molecule has 5 heteroatoms. The van der Waals surface area contributed by atoms with Crippen LogP contribution in [-0.2, 0) is 4.43 Å². The highest BCUT2D eigenvalue weighted by atomic mass is 28.4. The van der Waals surface area contributed by atoms with Gasteiger partial charge >= 0.3 is 0 Å². The van der Waals surface area contributed by atoms with Gasteiger partial charge in [0.1, 0.15) is 0 Å². The molecule has 0 saturated heterocycles. The minimum atomic E-state index is -2.23. The number of hydrogen-bond donors (Lipinski definition) is 3. The summed E-state index contributed by atoms with van der Waals surface area (Å²) in [6.07, 6.45) is 6.11. The van der Waals surface area contributed by atoms with E-state index in [4.69, 9.17) is 4.43 Å². The lowest BCUT2D eigenvalue weighted by Crippen LogP contribution is -2.46. The Morgan fingerprint density at radius 1 is 1.00 bits per heavy atom. The van der Waals surface area contributed by atoms with Crippen LogP contribution >= 0.6 is 0 Å². The van der Waals surface area contributed by atoms with Gasteiger partial charge in [-0.1, -0.05) is 26.2 Å². The maximum Gasteiger partial charge on any atom is 0.242 e. The molecule has 0 heterocycles. The van der Waals surface area contributed by atoms with Crippen molar-refractivity contribution in [3.8, 4) is 0 Å². The number of rotatable bonds is 12. The zero-order chi connectivity index (χ0) is 13.0. The van der Waals surface area contributed by atoms with Gasteiger partial charge in [0, 0.05) is 7.11 Å². The van der Waals surface area contributed by atoms with Crippen molar-refractivity contribution in [2.24, 2.45) is 0 Å². The van der Waals surface area contributed by atoms with E-state index in [1.54, 1.807) is 7.11 Å². The van der Waals surface area contributed by atoms with Gasteiger partial charge in [-0.15, -0.1) is 0 Å². The van der Waals surface area contributed by atoms with Crippen molar-refractivity contribution < 1.29 is 14.6 Å². The molecule has 3 N–H and O–H groups in total. The van der Waals surface area contributed by atoms with Crippen molar-refractivity contribution in [2.75, 3.05) is 32.7 Å². The molecule has 0 rings (SSSR count). The molecule has 0 aromatic carbocycles. The van der Waals surface area contributed by atoms with Gasteiger partial charge in [-0.2, -0.15) is 0 Å². The number of nitrogens with one attached hydrogen (secondary N) is 1. The van der Waals surface area contributed by atoms with E-state index in [0.717, 1.165) is 25.6 Å². The van der Waals surface area contributed by atoms with Crippen LogP contribution in [0.2, 0.25) is 6.04 Å². The Balaban J connectivity index is 3.43. The molecule has 17 heavy (non-hydrogen) atoms. The quantitative estimate of drug-likeness (QED) is 0.366. The van der Waals surface area contributed by atoms with Gasteiger partial charge in [0.15, 0.2) is 0 Å². The summed E-state index contributed by atoms with van der Waals surface area (Å²) in [6, 6.07) is 0.818. The maximum atomic E-state index is 9.23. The van der Waals surface area contributed by atoms with Gasteiger partial charge in [-0.05, 0) is 32.0 Å². The Labute approximate surface area is 107 Å². The van der Waals surface area contributed by atoms with E-state index < -0.39 is 8.32 Å². The molecule has 0 fully saturated rings. The SMILES string of the molecule is CCCCCCNCCC[Si](CO)(CO)OC. The monoisotopic (exact) mass is 263 g/mol. The van der Waals surface area contributed by atoms with Gasteiger partial charge in [0.2, 0.25) is 8.32 Å². The van der Waals surface area contributed by atoms with E-state index in [2.05, 4.69) is 12.2 Å². The molecule has 4 nitrogen and oxygen atoms in total. The van der Waals surface area contributed by atoms with Crippen LogP contribution in [0.4, 0.5) is 0 Å². The average Bonchev–Trinajstić information content (AvgIpc) is 2.38. The molecule has 0 radical (unpaired) electrons. The van der Waals surface area contributed by atoms with Crippen LogP contribution in [0, 0.1) is 0 Å². The first-order valence-electron chi connectivity index (χ1n) is 6.72. The highest BCUT2D eigenvalue weighted by Crippen LogP contribution is 2.11. The molecule has 104 valence electrons. The minimum Gasteiger partial charge on any atom is -0.415 e. The number of unbranched alkanes of at least 4 members (excludes halogenated alkanes) is 3. The summed E-state index contributed by atoms with van der Waals surface area (Å²) in [5.41, 5.74) is 0. The minimum absolute atomic E-state index is 0.0104. The van der Waals surface area contributed by atoms with Gasteiger partial charge < -0.3 is 20.0 Å². The summed E-state index contributed by atoms with van der Waals surface area (Å²) < 4.78 is 5.31. The zero-order valence-corrected chi connectivity index (χ0v) is 12.4. The van der Waals surface area contributed by atoms with E-state index in [0.29, 0.717) is 0 Å². The van der Waals surface area contributed by atoms with Crippen LogP contribution < -0.4 is 5.32 Å². The normalized spacial score (nSPS) is 12.0. The fourth-order valence-electron chi connectivity index (χ4n) is 1.78. The summed E-state index contributed by atoms with van der Waals surface area (Å²) in [6.45, 7) is 4.23. The molecule has 0 saturated carbocycles. The van der Waals surface area contributed by atoms with Crippen molar-refractivity contribution in [1.82, 2.24) is 5.32 Å². The molecule has 0 spiro atoms. The Bertz CT molecular complexity index is 158. The molecule has 0 aromatic heterocycles. The fourth-order valence-corrected chi connectivity index (χ4v) is 3.48. The van der Waals surface area contributed by atoms with Gasteiger partial charge in [0.25, 0.3) is 0 Å². The lowest BCUT2D eigenvalue weighted by atomic mass is 10.2. The smallest absolute Gasteiger partial charge is 0.242 e. The second kappa shape index (κ2) is 11.2. The summed E-state index contributed by atoms with van der Waals surface area (Å²) in [5, 5.41) is 21.9. The van der Waals surface area contributed by atoms with Crippen molar-refractivity contribution >= 4 is 8.32 Å². The molecule has 0 aliphatic heterocycles. The molecule has 0 aliphatic rings. The third-order valence-corrected chi connectivity index (χ3v) is 6.49. The van der Waals surface area contributed by atoms with Crippen LogP contribution in [-0.4, -0.2) is 51.2 Å². The molecule has 0 bridgehead atoms. The van der Waals surface area contributed by atoms with Crippen LogP contribution in [0.5, 0.6) is 0 Å². The number of aliphatic hydroxyl groups is 2. The Hall–Kier alpha value is 0.0569. The van der Waals surface area contributed by atoms with E-state index in [1.807, 2.05) is 0 Å². The van der Waals surface area contributed by atoms with E-state index in [-0.39, 0.29) is 12.5 Å². The predicted molar refractivity (Wildman–Crippen MR) is 73.4 cm³/mol. The molecular weight excluding hydrogens is 234 g/mol. The average molecular weight is 263 g/mol. The van der Waals surface area contributed by atoms with Crippen LogP contribution in [0.25, 0.3) is 0 Å². The number of aliphatic hydroxyl groups excluding tert-OH is 2. The molecule has 0 aliphatic carbocycles. The topological polar surface area (TPSA) is 61.7 Å². The fraction of sp³-hybridized carbons (Fsp3) is 1.00. The van der Waals surface area contributed by atoms with E-state index in [9.17, 15) is 10.2 Å². The zero-order valence-electron chi connectivity index (χ0n) is 11.4.